The molecule has 0 amide bonds. The highest BCUT2D eigenvalue weighted by Gasteiger charge is 2.37. The first-order valence-electron chi connectivity index (χ1n) is 10.0. The number of carbonyl (C=O) groups is 1. The minimum atomic E-state index is -5.05. The maximum absolute atomic E-state index is 14.7. The van der Waals surface area contributed by atoms with E-state index in [-0.39, 0.29) is 39.1 Å². The van der Waals surface area contributed by atoms with Crippen LogP contribution in [0.15, 0.2) is 60.7 Å². The number of alkyl halides is 6. The van der Waals surface area contributed by atoms with Gasteiger partial charge in [-0.15, -0.1) is 0 Å². The molecule has 0 bridgehead atoms. The van der Waals surface area contributed by atoms with Gasteiger partial charge in [0.1, 0.15) is 11.6 Å². The van der Waals surface area contributed by atoms with Crippen LogP contribution in [0.1, 0.15) is 27.0 Å². The molecule has 0 unspecified atom stereocenters. The van der Waals surface area contributed by atoms with Gasteiger partial charge in [-0.2, -0.15) is 26.3 Å². The Morgan fingerprint density at radius 2 is 1.39 bits per heavy atom. The van der Waals surface area contributed by atoms with E-state index in [4.69, 9.17) is 11.5 Å². The van der Waals surface area contributed by atoms with Gasteiger partial charge in [0.2, 0.25) is 0 Å². The van der Waals surface area contributed by atoms with Gasteiger partial charge in [0.15, 0.2) is 0 Å². The molecular formula is C24H18F7N3O2. The molecule has 0 aliphatic carbocycles. The van der Waals surface area contributed by atoms with Crippen LogP contribution in [0.5, 0.6) is 0 Å². The zero-order valence-corrected chi connectivity index (χ0v) is 18.4. The van der Waals surface area contributed by atoms with Gasteiger partial charge in [0.25, 0.3) is 0 Å². The fraction of sp³-hybridized carbons (Fsp3) is 0.125. The molecule has 0 saturated heterocycles. The first-order valence-corrected chi connectivity index (χ1v) is 10.0. The minimum absolute atomic E-state index is 0.0121. The number of halogens is 7. The lowest BCUT2D eigenvalue weighted by Crippen LogP contribution is -2.36. The van der Waals surface area contributed by atoms with Crippen LogP contribution in [0, 0.1) is 5.82 Å². The molecule has 190 valence electrons. The Hall–Kier alpha value is -4.22. The number of anilines is 1. The highest BCUT2D eigenvalue weighted by atomic mass is 19.4. The highest BCUT2D eigenvalue weighted by molar-refractivity contribution is 5.89. The van der Waals surface area contributed by atoms with E-state index in [2.05, 4.69) is 10.1 Å². The zero-order chi connectivity index (χ0) is 26.8. The summed E-state index contributed by atoms with van der Waals surface area (Å²) in [6.07, 6.45) is -10.1. The third-order valence-corrected chi connectivity index (χ3v) is 5.05. The monoisotopic (exact) mass is 513 g/mol. The summed E-state index contributed by atoms with van der Waals surface area (Å²) in [7, 11) is 1.12. The molecule has 3 aromatic rings. The van der Waals surface area contributed by atoms with Crippen LogP contribution in [-0.4, -0.2) is 13.1 Å². The second-order valence-electron chi connectivity index (χ2n) is 7.48. The predicted molar refractivity (Wildman–Crippen MR) is 118 cm³/mol. The molecular weight excluding hydrogens is 495 g/mol. The molecule has 0 spiro atoms. The number of hydrogen-bond donors (Lipinski definition) is 3. The molecule has 5 nitrogen and oxygen atoms in total. The smallest absolute Gasteiger partial charge is 0.416 e. The van der Waals surface area contributed by atoms with Crippen LogP contribution in [-0.2, 0) is 17.1 Å². The molecule has 0 heterocycles. The molecule has 0 aromatic heterocycles. The average Bonchev–Trinajstić information content (AvgIpc) is 2.81. The number of ether oxygens (including phenoxy) is 1. The molecule has 3 aromatic carbocycles. The molecule has 0 saturated carbocycles. The van der Waals surface area contributed by atoms with Gasteiger partial charge in [0.05, 0.1) is 23.8 Å². The van der Waals surface area contributed by atoms with E-state index in [9.17, 15) is 35.5 Å². The molecule has 0 radical (unpaired) electrons. The quantitative estimate of drug-likeness (QED) is 0.364. The molecule has 36 heavy (non-hydrogen) atoms. The van der Waals surface area contributed by atoms with Gasteiger partial charge in [-0.05, 0) is 36.4 Å². The summed E-state index contributed by atoms with van der Waals surface area (Å²) >= 11 is 0. The highest BCUT2D eigenvalue weighted by Crippen LogP contribution is 2.37. The van der Waals surface area contributed by atoms with E-state index in [1.807, 2.05) is 0 Å². The van der Waals surface area contributed by atoms with Crippen molar-refractivity contribution in [2.24, 2.45) is 11.5 Å². The van der Waals surface area contributed by atoms with Crippen molar-refractivity contribution in [2.75, 3.05) is 12.4 Å². The molecule has 0 aliphatic heterocycles. The van der Waals surface area contributed by atoms with Crippen LogP contribution < -0.4 is 27.2 Å². The fourth-order valence-corrected chi connectivity index (χ4v) is 3.33. The molecule has 0 fully saturated rings. The van der Waals surface area contributed by atoms with Crippen LogP contribution in [0.25, 0.3) is 11.5 Å². The number of hydrogen-bond acceptors (Lipinski definition) is 5. The van der Waals surface area contributed by atoms with E-state index in [0.717, 1.165) is 13.2 Å². The number of methoxy groups -OCH3 is 1. The van der Waals surface area contributed by atoms with Crippen molar-refractivity contribution < 1.29 is 40.3 Å². The largest absolute Gasteiger partial charge is 0.465 e. The van der Waals surface area contributed by atoms with Gasteiger partial charge in [-0.3, -0.25) is 0 Å². The van der Waals surface area contributed by atoms with Gasteiger partial charge < -0.3 is 21.5 Å². The summed E-state index contributed by atoms with van der Waals surface area (Å²) in [5, 5.41) is 2.56. The van der Waals surface area contributed by atoms with Crippen molar-refractivity contribution in [3.63, 3.8) is 0 Å². The van der Waals surface area contributed by atoms with Gasteiger partial charge in [-0.25, -0.2) is 9.18 Å². The van der Waals surface area contributed by atoms with Crippen molar-refractivity contribution in [2.45, 2.75) is 12.4 Å². The SMILES string of the molecule is COC(=O)c1ccc(/C(N)=c2\cccc\c2=C(\N)Nc2cc(C(F)(F)F)cc(C(F)(F)F)c2)c(F)c1. The van der Waals surface area contributed by atoms with Crippen molar-refractivity contribution in [3.8, 4) is 0 Å². The predicted octanol–water partition coefficient (Wildman–Crippen LogP) is 3.90. The third kappa shape index (κ3) is 5.70. The topological polar surface area (TPSA) is 90.4 Å². The fourth-order valence-electron chi connectivity index (χ4n) is 3.33. The van der Waals surface area contributed by atoms with Crippen LogP contribution in [0.4, 0.5) is 36.4 Å². The Labute approximate surface area is 199 Å². The number of nitrogens with two attached hydrogens (primary N) is 2. The molecule has 0 aliphatic rings. The van der Waals surface area contributed by atoms with Crippen LogP contribution >= 0.6 is 0 Å². The van der Waals surface area contributed by atoms with Crippen molar-refractivity contribution in [1.29, 1.82) is 0 Å². The number of carbonyl (C=O) groups excluding carboxylic acids is 1. The average molecular weight is 513 g/mol. The van der Waals surface area contributed by atoms with Crippen molar-refractivity contribution >= 4 is 23.2 Å². The van der Waals surface area contributed by atoms with E-state index in [0.29, 0.717) is 12.1 Å². The Morgan fingerprint density at radius 1 is 0.833 bits per heavy atom. The maximum atomic E-state index is 14.7. The number of esters is 1. The molecule has 3 rings (SSSR count). The van der Waals surface area contributed by atoms with Crippen molar-refractivity contribution in [1.82, 2.24) is 0 Å². The summed E-state index contributed by atoms with van der Waals surface area (Å²) in [6.45, 7) is 0. The Kier molecular flexibility index (Phi) is 7.18. The van der Waals surface area contributed by atoms with E-state index in [1.165, 1.54) is 36.4 Å². The normalized spacial score (nSPS) is 13.7. The van der Waals surface area contributed by atoms with Crippen LogP contribution in [0.3, 0.4) is 0 Å². The van der Waals surface area contributed by atoms with Crippen molar-refractivity contribution in [3.05, 3.63) is 99.2 Å². The first kappa shape index (κ1) is 26.4. The zero-order valence-electron chi connectivity index (χ0n) is 18.4. The van der Waals surface area contributed by atoms with E-state index >= 15 is 0 Å². The van der Waals surface area contributed by atoms with Gasteiger partial charge in [-0.1, -0.05) is 24.3 Å². The van der Waals surface area contributed by atoms with Crippen LogP contribution in [0.2, 0.25) is 0 Å². The third-order valence-electron chi connectivity index (χ3n) is 5.05. The molecule has 0 atom stereocenters. The lowest BCUT2D eigenvalue weighted by molar-refractivity contribution is -0.143. The molecule has 5 N–H and O–H groups in total. The summed E-state index contributed by atoms with van der Waals surface area (Å²) < 4.78 is 98.3. The standard InChI is InChI=1S/C24H18F7N3O2/c1-36-22(35)12-6-7-18(19(25)8-12)20(32)16-4-2-3-5-17(16)21(33)34-15-10-13(23(26,27)28)9-14(11-15)24(29,30)31/h2-11,34H,32-33H2,1H3/b20-16-,21-17+. The maximum Gasteiger partial charge on any atom is 0.416 e. The summed E-state index contributed by atoms with van der Waals surface area (Å²) in [5.74, 6) is -1.99. The Bertz CT molecular complexity index is 1400. The second-order valence-corrected chi connectivity index (χ2v) is 7.48. The number of rotatable bonds is 4. The van der Waals surface area contributed by atoms with E-state index in [1.54, 1.807) is 0 Å². The van der Waals surface area contributed by atoms with E-state index < -0.39 is 41.0 Å². The first-order chi connectivity index (χ1) is 16.7. The lowest BCUT2D eigenvalue weighted by Gasteiger charge is -2.15. The Balaban J connectivity index is 2.18. The summed E-state index contributed by atoms with van der Waals surface area (Å²) in [4.78, 5) is 11.6. The number of nitrogens with one attached hydrogen (secondary N) is 1. The van der Waals surface area contributed by atoms with Gasteiger partial charge >= 0.3 is 18.3 Å². The lowest BCUT2D eigenvalue weighted by atomic mass is 10.0. The summed E-state index contributed by atoms with van der Waals surface area (Å²) in [6, 6.07) is 10.2. The summed E-state index contributed by atoms with van der Waals surface area (Å²) in [5.41, 5.74) is 8.16. The Morgan fingerprint density at radius 3 is 1.89 bits per heavy atom. The second kappa shape index (κ2) is 9.80. The number of benzene rings is 3. The van der Waals surface area contributed by atoms with Gasteiger partial charge in [0, 0.05) is 27.4 Å². The molecule has 12 heteroatoms. The minimum Gasteiger partial charge on any atom is -0.465 e.